The molecular formula is C65H80N2O11. The summed E-state index contributed by atoms with van der Waals surface area (Å²) in [6.07, 6.45) is 6.29. The van der Waals surface area contributed by atoms with Crippen LogP contribution in [0.2, 0.25) is 0 Å². The Morgan fingerprint density at radius 1 is 0.654 bits per heavy atom. The third-order valence-corrected chi connectivity index (χ3v) is 17.1. The number of Topliss-reactive ketones (excluding diaryl/α,β-unsaturated/α-hetero) is 1. The molecule has 13 nitrogen and oxygen atoms in total. The van der Waals surface area contributed by atoms with Crippen molar-refractivity contribution >= 4 is 29.0 Å². The number of esters is 1. The zero-order valence-corrected chi connectivity index (χ0v) is 47.1. The van der Waals surface area contributed by atoms with Gasteiger partial charge in [-0.05, 0) is 162 Å². The van der Waals surface area contributed by atoms with Crippen molar-refractivity contribution in [3.05, 3.63) is 141 Å². The number of nitrogens with zero attached hydrogens (tertiary/aromatic N) is 2. The highest BCUT2D eigenvalue weighted by atomic mass is 16.5. The van der Waals surface area contributed by atoms with Crippen molar-refractivity contribution < 1.29 is 52.3 Å². The van der Waals surface area contributed by atoms with E-state index in [4.69, 9.17) is 37.9 Å². The standard InChI is InChI=1S/C65H80N2O11/c1-9-52-41(2)27-49-32-46-15-10-11-16-47(46)34-54(49)43(4)64(69)56-37-59(72-6)62(36-55(52)56)78-40-45-29-44(30-50(31-45)66(20-14-19-63(68)74-8)21-22-75-25-26-76-24-23-71-5)39-77-61-35-53-42(3)28-51-33-48-17-12-13-18-58(48)67(51)65(70)57(53)38-60(61)73-7/h10-13,15-18,29-31,35-38,41-43,49,51-52,54H,9,14,19-28,32-34,39-40H2,1-8H3. The fourth-order valence-corrected chi connectivity index (χ4v) is 13.0. The van der Waals surface area contributed by atoms with Gasteiger partial charge in [-0.25, -0.2) is 0 Å². The van der Waals surface area contributed by atoms with Gasteiger partial charge in [0.1, 0.15) is 13.2 Å². The Labute approximate surface area is 461 Å². The van der Waals surface area contributed by atoms with Crippen LogP contribution in [0.25, 0.3) is 0 Å². The van der Waals surface area contributed by atoms with Gasteiger partial charge in [0, 0.05) is 61.1 Å². The number of hydrogen-bond donors (Lipinski definition) is 0. The highest BCUT2D eigenvalue weighted by Gasteiger charge is 2.42. The van der Waals surface area contributed by atoms with Crippen molar-refractivity contribution in [3.8, 4) is 23.0 Å². The average molecular weight is 1070 g/mol. The second-order valence-electron chi connectivity index (χ2n) is 21.9. The second-order valence-corrected chi connectivity index (χ2v) is 21.9. The van der Waals surface area contributed by atoms with Crippen molar-refractivity contribution in [2.24, 2.45) is 23.7 Å². The predicted molar refractivity (Wildman–Crippen MR) is 303 cm³/mol. The predicted octanol–water partition coefficient (Wildman–Crippen LogP) is 11.8. The molecule has 9 rings (SSSR count). The monoisotopic (exact) mass is 1060 g/mol. The summed E-state index contributed by atoms with van der Waals surface area (Å²) < 4.78 is 47.5. The summed E-state index contributed by atoms with van der Waals surface area (Å²) >= 11 is 0. The van der Waals surface area contributed by atoms with Crippen LogP contribution in [-0.4, -0.2) is 98.3 Å². The third-order valence-electron chi connectivity index (χ3n) is 17.1. The maximum atomic E-state index is 14.9. The maximum absolute atomic E-state index is 14.9. The Balaban J connectivity index is 1.02. The van der Waals surface area contributed by atoms with E-state index in [0.717, 1.165) is 77.7 Å². The second kappa shape index (κ2) is 26.0. The minimum absolute atomic E-state index is 0.0246. The summed E-state index contributed by atoms with van der Waals surface area (Å²) in [4.78, 5) is 45.9. The fraction of sp³-hybridized carbons (Fsp3) is 0.492. The number of benzene rings is 5. The number of fused-ring (bicyclic) bond motifs is 7. The first-order valence-electron chi connectivity index (χ1n) is 28.2. The molecule has 4 aliphatic rings. The number of hydrogen-bond acceptors (Lipinski definition) is 12. The van der Waals surface area contributed by atoms with Crippen LogP contribution in [0.4, 0.5) is 11.4 Å². The first-order chi connectivity index (χ1) is 37.9. The van der Waals surface area contributed by atoms with E-state index < -0.39 is 0 Å². The molecule has 5 aromatic carbocycles. The number of carbonyl (C=O) groups excluding carboxylic acids is 3. The molecule has 78 heavy (non-hydrogen) atoms. The molecule has 1 amide bonds. The van der Waals surface area contributed by atoms with Crippen molar-refractivity contribution in [2.75, 3.05) is 84.4 Å². The molecule has 7 atom stereocenters. The summed E-state index contributed by atoms with van der Waals surface area (Å²) in [5, 5.41) is 0. The number of ketones is 1. The van der Waals surface area contributed by atoms with Gasteiger partial charge in [-0.15, -0.1) is 0 Å². The fourth-order valence-electron chi connectivity index (χ4n) is 13.0. The highest BCUT2D eigenvalue weighted by Crippen LogP contribution is 2.48. The van der Waals surface area contributed by atoms with Crippen LogP contribution in [0.15, 0.2) is 91.0 Å². The van der Waals surface area contributed by atoms with Crippen LogP contribution in [0, 0.1) is 23.7 Å². The van der Waals surface area contributed by atoms with Crippen molar-refractivity contribution in [1.29, 1.82) is 0 Å². The lowest BCUT2D eigenvalue weighted by atomic mass is 9.66. The van der Waals surface area contributed by atoms with Crippen LogP contribution < -0.4 is 28.7 Å². The summed E-state index contributed by atoms with van der Waals surface area (Å²) in [5.41, 5.74) is 10.9. The summed E-state index contributed by atoms with van der Waals surface area (Å²) in [6, 6.07) is 31.2. The topological polar surface area (TPSA) is 132 Å². The van der Waals surface area contributed by atoms with Crippen LogP contribution in [0.3, 0.4) is 0 Å². The third kappa shape index (κ3) is 12.5. The van der Waals surface area contributed by atoms with Gasteiger partial charge in [0.2, 0.25) is 0 Å². The normalized spacial score (nSPS) is 21.3. The Bertz CT molecular complexity index is 2900. The van der Waals surface area contributed by atoms with Gasteiger partial charge in [0.15, 0.2) is 28.8 Å². The van der Waals surface area contributed by atoms with Crippen LogP contribution in [0.5, 0.6) is 23.0 Å². The van der Waals surface area contributed by atoms with E-state index >= 15 is 0 Å². The van der Waals surface area contributed by atoms with Gasteiger partial charge in [-0.3, -0.25) is 14.4 Å². The smallest absolute Gasteiger partial charge is 0.305 e. The molecule has 0 spiro atoms. The zero-order chi connectivity index (χ0) is 54.9. The first-order valence-corrected chi connectivity index (χ1v) is 28.2. The minimum atomic E-state index is -0.271. The largest absolute Gasteiger partial charge is 0.493 e. The quantitative estimate of drug-likeness (QED) is 0.0456. The molecular weight excluding hydrogens is 985 g/mol. The molecule has 2 heterocycles. The van der Waals surface area contributed by atoms with Gasteiger partial charge in [0.05, 0.1) is 54.4 Å². The molecule has 0 radical (unpaired) electrons. The Morgan fingerprint density at radius 2 is 1.28 bits per heavy atom. The van der Waals surface area contributed by atoms with E-state index in [0.29, 0.717) is 92.9 Å². The SMILES string of the molecule is CCC1c2cc(OCc3cc(COc4cc5c(cc4OC)C(=O)N4c6ccccc6CC4CC5C)cc(N(CCCC(=O)OC)CCOCCOCCOC)c3)c(OC)cc2C(=O)C(C)C2Cc3ccccc3CC2CC1C. The van der Waals surface area contributed by atoms with Gasteiger partial charge < -0.3 is 47.7 Å². The van der Waals surface area contributed by atoms with Crippen LogP contribution in [-0.2, 0) is 56.2 Å². The molecule has 2 aliphatic heterocycles. The molecule has 0 saturated heterocycles. The number of amides is 1. The van der Waals surface area contributed by atoms with E-state index in [2.05, 4.69) is 87.2 Å². The zero-order valence-electron chi connectivity index (χ0n) is 47.1. The molecule has 7 unspecified atom stereocenters. The Hall–Kier alpha value is -6.41. The molecule has 0 bridgehead atoms. The van der Waals surface area contributed by atoms with Gasteiger partial charge in [0.25, 0.3) is 5.91 Å². The molecule has 2 aliphatic carbocycles. The number of methoxy groups -OCH3 is 4. The lowest BCUT2D eigenvalue weighted by Gasteiger charge is -2.37. The number of para-hydroxylation sites is 1. The van der Waals surface area contributed by atoms with Crippen molar-refractivity contribution in [2.45, 2.75) is 110 Å². The van der Waals surface area contributed by atoms with E-state index in [1.165, 1.54) is 23.8 Å². The first kappa shape index (κ1) is 56.3. The number of rotatable bonds is 23. The molecule has 5 aromatic rings. The summed E-state index contributed by atoms with van der Waals surface area (Å²) in [6.45, 7) is 12.6. The Morgan fingerprint density at radius 3 is 1.95 bits per heavy atom. The number of anilines is 2. The lowest BCUT2D eigenvalue weighted by Crippen LogP contribution is -2.36. The molecule has 416 valence electrons. The van der Waals surface area contributed by atoms with E-state index in [1.807, 2.05) is 41.3 Å². The molecule has 0 saturated carbocycles. The van der Waals surface area contributed by atoms with E-state index in [-0.39, 0.29) is 67.0 Å². The lowest BCUT2D eigenvalue weighted by molar-refractivity contribution is -0.140. The van der Waals surface area contributed by atoms with E-state index in [9.17, 15) is 14.4 Å². The minimum Gasteiger partial charge on any atom is -0.493 e. The molecule has 0 fully saturated rings. The van der Waals surface area contributed by atoms with Gasteiger partial charge >= 0.3 is 5.97 Å². The van der Waals surface area contributed by atoms with Crippen LogP contribution >= 0.6 is 0 Å². The van der Waals surface area contributed by atoms with Gasteiger partial charge in [-0.2, -0.15) is 0 Å². The maximum Gasteiger partial charge on any atom is 0.305 e. The summed E-state index contributed by atoms with van der Waals surface area (Å²) in [7, 11) is 6.30. The highest BCUT2D eigenvalue weighted by molar-refractivity contribution is 6.09. The molecule has 13 heteroatoms. The molecule has 0 aromatic heterocycles. The number of carbonyl (C=O) groups is 3. The van der Waals surface area contributed by atoms with Gasteiger partial charge in [-0.1, -0.05) is 70.2 Å². The van der Waals surface area contributed by atoms with Crippen molar-refractivity contribution in [1.82, 2.24) is 0 Å². The molecule has 0 N–H and O–H groups in total. The number of ether oxygens (including phenoxy) is 8. The Kier molecular flexibility index (Phi) is 18.8. The van der Waals surface area contributed by atoms with Crippen molar-refractivity contribution in [3.63, 3.8) is 0 Å². The van der Waals surface area contributed by atoms with Crippen LogP contribution in [0.1, 0.15) is 131 Å². The average Bonchev–Trinajstić information content (AvgIpc) is 3.89. The summed E-state index contributed by atoms with van der Waals surface area (Å²) in [5.74, 6) is 3.06. The van der Waals surface area contributed by atoms with E-state index in [1.54, 1.807) is 21.3 Å².